The smallest absolute Gasteiger partial charge is 0.257 e. The molecule has 0 radical (unpaired) electrons. The van der Waals surface area contributed by atoms with Crippen molar-refractivity contribution in [2.24, 2.45) is 0 Å². The summed E-state index contributed by atoms with van der Waals surface area (Å²) in [4.78, 5) is 23.6. The molecular weight excluding hydrogens is 366 g/mol. The first-order valence-corrected chi connectivity index (χ1v) is 9.79. The Morgan fingerprint density at radius 2 is 2.14 bits per heavy atom. The van der Waals surface area contributed by atoms with E-state index in [9.17, 15) is 4.79 Å². The molecule has 4 aromatic heterocycles. The summed E-state index contributed by atoms with van der Waals surface area (Å²) in [7, 11) is 0. The maximum atomic E-state index is 12.8. The molecule has 1 aliphatic rings. The molecule has 0 unspecified atom stereocenters. The van der Waals surface area contributed by atoms with Crippen molar-refractivity contribution >= 4 is 11.6 Å². The molecule has 1 amide bonds. The van der Waals surface area contributed by atoms with Gasteiger partial charge in [0.05, 0.1) is 11.8 Å². The van der Waals surface area contributed by atoms with Crippen molar-refractivity contribution in [1.82, 2.24) is 24.5 Å². The number of amides is 1. The second kappa shape index (κ2) is 7.16. The van der Waals surface area contributed by atoms with Gasteiger partial charge in [0.2, 0.25) is 0 Å². The van der Waals surface area contributed by atoms with Crippen LogP contribution in [0.4, 0.5) is 0 Å². The number of hydrogen-bond acceptors (Lipinski definition) is 5. The number of carbonyl (C=O) groups excluding carboxylic acids is 1. The van der Waals surface area contributed by atoms with Crippen molar-refractivity contribution in [2.45, 2.75) is 25.7 Å². The quantitative estimate of drug-likeness (QED) is 0.536. The second-order valence-corrected chi connectivity index (χ2v) is 7.41. The Balaban J connectivity index is 1.40. The van der Waals surface area contributed by atoms with Crippen LogP contribution < -0.4 is 0 Å². The minimum absolute atomic E-state index is 0.0172. The van der Waals surface area contributed by atoms with Gasteiger partial charge in [-0.05, 0) is 44.0 Å². The Labute approximate surface area is 168 Å². The predicted octanol–water partition coefficient (Wildman–Crippen LogP) is 3.71. The van der Waals surface area contributed by atoms with E-state index in [0.717, 1.165) is 42.0 Å². The Bertz CT molecular complexity index is 1160. The van der Waals surface area contributed by atoms with E-state index in [0.29, 0.717) is 17.9 Å². The summed E-state index contributed by atoms with van der Waals surface area (Å²) >= 11 is 0. The highest BCUT2D eigenvalue weighted by Crippen LogP contribution is 2.27. The summed E-state index contributed by atoms with van der Waals surface area (Å²) in [5.74, 6) is 1.59. The molecule has 29 heavy (non-hydrogen) atoms. The van der Waals surface area contributed by atoms with E-state index in [2.05, 4.69) is 4.98 Å². The van der Waals surface area contributed by atoms with Crippen LogP contribution in [0, 0.1) is 6.92 Å². The number of likely N-dealkylation sites (tertiary alicyclic amines) is 1. The fourth-order valence-electron chi connectivity index (χ4n) is 3.93. The van der Waals surface area contributed by atoms with Crippen LogP contribution in [-0.4, -0.2) is 43.5 Å². The molecule has 0 N–H and O–H groups in total. The van der Waals surface area contributed by atoms with Gasteiger partial charge in [0, 0.05) is 48.7 Å². The topological polar surface area (TPSA) is 76.5 Å². The summed E-state index contributed by atoms with van der Waals surface area (Å²) in [6.45, 7) is 3.19. The van der Waals surface area contributed by atoms with Gasteiger partial charge in [0.15, 0.2) is 11.5 Å². The summed E-state index contributed by atoms with van der Waals surface area (Å²) < 4.78 is 7.11. The number of carbonyl (C=O) groups is 1. The van der Waals surface area contributed by atoms with Gasteiger partial charge in [0.25, 0.3) is 5.91 Å². The van der Waals surface area contributed by atoms with Crippen LogP contribution in [0.5, 0.6) is 0 Å². The van der Waals surface area contributed by atoms with Crippen LogP contribution in [0.1, 0.15) is 40.7 Å². The molecule has 0 bridgehead atoms. The third-order valence-electron chi connectivity index (χ3n) is 5.51. The molecular formula is C22H21N5O2. The Kier molecular flexibility index (Phi) is 4.35. The standard InChI is InChI=1S/C22H21N5O2/c1-15-19(8-11-29-15)22(28)26-10-3-5-18(13-26)21-24-20-7-6-17(14-27(20)25-21)16-4-2-9-23-12-16/h2,4,6-9,11-12,14,18H,3,5,10,13H2,1H3/t18-/m1/s1. The summed E-state index contributed by atoms with van der Waals surface area (Å²) in [6, 6.07) is 9.68. The number of furan rings is 1. The Morgan fingerprint density at radius 3 is 2.93 bits per heavy atom. The van der Waals surface area contributed by atoms with E-state index in [1.807, 2.05) is 53.0 Å². The van der Waals surface area contributed by atoms with Crippen molar-refractivity contribution in [1.29, 1.82) is 0 Å². The zero-order valence-electron chi connectivity index (χ0n) is 16.2. The van der Waals surface area contributed by atoms with Crippen molar-refractivity contribution < 1.29 is 9.21 Å². The first kappa shape index (κ1) is 17.6. The molecule has 0 saturated carbocycles. The zero-order chi connectivity index (χ0) is 19.8. The lowest BCUT2D eigenvalue weighted by atomic mass is 9.97. The second-order valence-electron chi connectivity index (χ2n) is 7.41. The largest absolute Gasteiger partial charge is 0.469 e. The SMILES string of the molecule is Cc1occc1C(=O)N1CCC[C@@H](c2nc3ccc(-c4cccnc4)cn3n2)C1. The molecule has 0 aromatic carbocycles. The molecule has 1 saturated heterocycles. The highest BCUT2D eigenvalue weighted by molar-refractivity contribution is 5.95. The molecule has 146 valence electrons. The van der Waals surface area contributed by atoms with Gasteiger partial charge in [-0.25, -0.2) is 9.50 Å². The van der Waals surface area contributed by atoms with Crippen LogP contribution in [0.2, 0.25) is 0 Å². The molecule has 0 spiro atoms. The van der Waals surface area contributed by atoms with Crippen molar-refractivity contribution in [3.8, 4) is 11.1 Å². The first-order chi connectivity index (χ1) is 14.2. The molecule has 1 atom stereocenters. The third-order valence-corrected chi connectivity index (χ3v) is 5.51. The highest BCUT2D eigenvalue weighted by Gasteiger charge is 2.29. The molecule has 5 rings (SSSR count). The monoisotopic (exact) mass is 387 g/mol. The van der Waals surface area contributed by atoms with E-state index >= 15 is 0 Å². The van der Waals surface area contributed by atoms with E-state index in [1.165, 1.54) is 0 Å². The predicted molar refractivity (Wildman–Crippen MR) is 108 cm³/mol. The first-order valence-electron chi connectivity index (χ1n) is 9.79. The van der Waals surface area contributed by atoms with Gasteiger partial charge < -0.3 is 9.32 Å². The van der Waals surface area contributed by atoms with E-state index in [1.54, 1.807) is 18.5 Å². The summed E-state index contributed by atoms with van der Waals surface area (Å²) in [5.41, 5.74) is 3.52. The summed E-state index contributed by atoms with van der Waals surface area (Å²) in [5, 5.41) is 4.73. The lowest BCUT2D eigenvalue weighted by molar-refractivity contribution is 0.0703. The lowest BCUT2D eigenvalue weighted by Gasteiger charge is -2.31. The maximum Gasteiger partial charge on any atom is 0.257 e. The number of aryl methyl sites for hydroxylation is 1. The van der Waals surface area contributed by atoms with Crippen molar-refractivity contribution in [3.63, 3.8) is 0 Å². The number of rotatable bonds is 3. The fourth-order valence-corrected chi connectivity index (χ4v) is 3.93. The average Bonchev–Trinajstić information content (AvgIpc) is 3.39. The lowest BCUT2D eigenvalue weighted by Crippen LogP contribution is -2.39. The van der Waals surface area contributed by atoms with Crippen LogP contribution in [0.3, 0.4) is 0 Å². The van der Waals surface area contributed by atoms with Crippen LogP contribution in [0.25, 0.3) is 16.8 Å². The summed E-state index contributed by atoms with van der Waals surface area (Å²) in [6.07, 6.45) is 9.04. The molecule has 7 heteroatoms. The van der Waals surface area contributed by atoms with Gasteiger partial charge in [-0.15, -0.1) is 0 Å². The normalized spacial score (nSPS) is 17.0. The van der Waals surface area contributed by atoms with E-state index in [4.69, 9.17) is 14.5 Å². The number of pyridine rings is 2. The number of aromatic nitrogens is 4. The van der Waals surface area contributed by atoms with Gasteiger partial charge in [-0.3, -0.25) is 9.78 Å². The van der Waals surface area contributed by atoms with Gasteiger partial charge in [-0.2, -0.15) is 5.10 Å². The molecule has 4 aromatic rings. The fraction of sp³-hybridized carbons (Fsp3) is 0.273. The number of fused-ring (bicyclic) bond motifs is 1. The van der Waals surface area contributed by atoms with Crippen molar-refractivity contribution in [3.05, 3.63) is 72.3 Å². The third kappa shape index (κ3) is 3.29. The minimum atomic E-state index is 0.0172. The Hall–Kier alpha value is -3.48. The molecule has 1 fully saturated rings. The maximum absolute atomic E-state index is 12.8. The van der Waals surface area contributed by atoms with Gasteiger partial charge >= 0.3 is 0 Å². The highest BCUT2D eigenvalue weighted by atomic mass is 16.3. The molecule has 1 aliphatic heterocycles. The number of nitrogens with zero attached hydrogens (tertiary/aromatic N) is 5. The average molecular weight is 387 g/mol. The van der Waals surface area contributed by atoms with Crippen LogP contribution in [-0.2, 0) is 0 Å². The zero-order valence-corrected chi connectivity index (χ0v) is 16.2. The number of hydrogen-bond donors (Lipinski definition) is 0. The van der Waals surface area contributed by atoms with E-state index in [-0.39, 0.29) is 11.8 Å². The van der Waals surface area contributed by atoms with Crippen LogP contribution in [0.15, 0.2) is 59.6 Å². The van der Waals surface area contributed by atoms with Gasteiger partial charge in [0.1, 0.15) is 5.76 Å². The molecule has 5 heterocycles. The minimum Gasteiger partial charge on any atom is -0.469 e. The van der Waals surface area contributed by atoms with Crippen molar-refractivity contribution in [2.75, 3.05) is 13.1 Å². The van der Waals surface area contributed by atoms with E-state index < -0.39 is 0 Å². The molecule has 7 nitrogen and oxygen atoms in total. The van der Waals surface area contributed by atoms with Crippen LogP contribution >= 0.6 is 0 Å². The molecule has 0 aliphatic carbocycles. The number of piperidine rings is 1. The van der Waals surface area contributed by atoms with Gasteiger partial charge in [-0.1, -0.05) is 6.07 Å². The Morgan fingerprint density at radius 1 is 1.21 bits per heavy atom.